The van der Waals surface area contributed by atoms with Crippen LogP contribution in [0.2, 0.25) is 0 Å². The number of rotatable bonds is 3. The fourth-order valence-corrected chi connectivity index (χ4v) is 3.33. The van der Waals surface area contributed by atoms with Gasteiger partial charge in [0.2, 0.25) is 0 Å². The minimum atomic E-state index is 0.0416. The van der Waals surface area contributed by atoms with Gasteiger partial charge in [0.05, 0.1) is 5.69 Å². The van der Waals surface area contributed by atoms with E-state index in [0.717, 1.165) is 12.2 Å². The number of aryl methyl sites for hydroxylation is 2. The van der Waals surface area contributed by atoms with Gasteiger partial charge >= 0.3 is 0 Å². The Kier molecular flexibility index (Phi) is 3.98. The summed E-state index contributed by atoms with van der Waals surface area (Å²) in [5.41, 5.74) is 8.70. The van der Waals surface area contributed by atoms with Crippen LogP contribution >= 0.6 is 0 Å². The molecule has 5 heteroatoms. The van der Waals surface area contributed by atoms with Crippen LogP contribution in [0, 0.1) is 12.8 Å². The topological polar surface area (TPSA) is 64.2 Å². The van der Waals surface area contributed by atoms with Gasteiger partial charge in [-0.1, -0.05) is 30.3 Å². The summed E-state index contributed by atoms with van der Waals surface area (Å²) in [5, 5.41) is 4.26. The summed E-state index contributed by atoms with van der Waals surface area (Å²) in [5.74, 6) is 0.658. The Morgan fingerprint density at radius 2 is 2.05 bits per heavy atom. The number of hydrogen-bond donors (Lipinski definition) is 1. The SMILES string of the molecule is Cc1cc(C(=O)N2C[C@@H](CN)[C@H](c3ccccc3)C2)n(C)n1. The van der Waals surface area contributed by atoms with Gasteiger partial charge < -0.3 is 10.6 Å². The number of likely N-dealkylation sites (tertiary alicyclic amines) is 1. The number of aromatic nitrogens is 2. The molecule has 2 N–H and O–H groups in total. The van der Waals surface area contributed by atoms with Crippen molar-refractivity contribution in [2.45, 2.75) is 12.8 Å². The van der Waals surface area contributed by atoms with Gasteiger partial charge in [-0.25, -0.2) is 0 Å². The highest BCUT2D eigenvalue weighted by molar-refractivity contribution is 5.93. The standard InChI is InChI=1S/C17H22N4O/c1-12-8-16(20(2)19-12)17(22)21-10-14(9-18)15(11-21)13-6-4-3-5-7-13/h3-8,14-15H,9-11,18H2,1-2H3/t14-,15+/m1/s1. The molecule has 1 aromatic heterocycles. The van der Waals surface area contributed by atoms with Crippen molar-refractivity contribution in [2.24, 2.45) is 18.7 Å². The lowest BCUT2D eigenvalue weighted by atomic mass is 9.89. The minimum Gasteiger partial charge on any atom is -0.336 e. The molecule has 0 aliphatic carbocycles. The van der Waals surface area contributed by atoms with Crippen LogP contribution in [0.25, 0.3) is 0 Å². The first kappa shape index (κ1) is 14.8. The Bertz CT molecular complexity index is 665. The van der Waals surface area contributed by atoms with Gasteiger partial charge in [-0.2, -0.15) is 5.10 Å². The lowest BCUT2D eigenvalue weighted by Crippen LogP contribution is -2.31. The summed E-state index contributed by atoms with van der Waals surface area (Å²) in [6.45, 7) is 3.91. The zero-order chi connectivity index (χ0) is 15.7. The number of nitrogens with zero attached hydrogens (tertiary/aromatic N) is 3. The van der Waals surface area contributed by atoms with Gasteiger partial charge in [-0.3, -0.25) is 9.48 Å². The average Bonchev–Trinajstić information content (AvgIpc) is 3.10. The van der Waals surface area contributed by atoms with Gasteiger partial charge in [0.15, 0.2) is 0 Å². The monoisotopic (exact) mass is 298 g/mol. The van der Waals surface area contributed by atoms with Crippen molar-refractivity contribution < 1.29 is 4.79 Å². The smallest absolute Gasteiger partial charge is 0.272 e. The minimum absolute atomic E-state index is 0.0416. The van der Waals surface area contributed by atoms with Crippen molar-refractivity contribution in [1.82, 2.24) is 14.7 Å². The van der Waals surface area contributed by atoms with E-state index in [1.54, 1.807) is 4.68 Å². The Labute approximate surface area is 130 Å². The predicted molar refractivity (Wildman–Crippen MR) is 85.6 cm³/mol. The molecule has 1 aliphatic heterocycles. The Morgan fingerprint density at radius 1 is 1.32 bits per heavy atom. The number of carbonyl (C=O) groups is 1. The zero-order valence-electron chi connectivity index (χ0n) is 13.1. The van der Waals surface area contributed by atoms with Gasteiger partial charge in [0.1, 0.15) is 5.69 Å². The molecule has 1 saturated heterocycles. The molecular weight excluding hydrogens is 276 g/mol. The van der Waals surface area contributed by atoms with Crippen LogP contribution in [0.15, 0.2) is 36.4 Å². The van der Waals surface area contributed by atoms with Gasteiger partial charge in [-0.05, 0) is 31.0 Å². The van der Waals surface area contributed by atoms with Gasteiger partial charge in [0.25, 0.3) is 5.91 Å². The van der Waals surface area contributed by atoms with Gasteiger partial charge in [-0.15, -0.1) is 0 Å². The number of benzene rings is 1. The van der Waals surface area contributed by atoms with Crippen molar-refractivity contribution in [1.29, 1.82) is 0 Å². The molecule has 0 radical (unpaired) electrons. The maximum Gasteiger partial charge on any atom is 0.272 e. The number of nitrogens with two attached hydrogens (primary N) is 1. The molecule has 0 unspecified atom stereocenters. The fraction of sp³-hybridized carbons (Fsp3) is 0.412. The molecule has 2 heterocycles. The van der Waals surface area contributed by atoms with Crippen molar-refractivity contribution in [3.05, 3.63) is 53.3 Å². The third kappa shape index (κ3) is 2.64. The van der Waals surface area contributed by atoms with Crippen LogP contribution in [0.5, 0.6) is 0 Å². The van der Waals surface area contributed by atoms with E-state index in [-0.39, 0.29) is 5.91 Å². The van der Waals surface area contributed by atoms with Crippen molar-refractivity contribution >= 4 is 5.91 Å². The normalized spacial score (nSPS) is 21.3. The summed E-state index contributed by atoms with van der Waals surface area (Å²) in [4.78, 5) is 14.7. The van der Waals surface area contributed by atoms with E-state index in [1.165, 1.54) is 5.56 Å². The summed E-state index contributed by atoms with van der Waals surface area (Å²) < 4.78 is 1.66. The predicted octanol–water partition coefficient (Wildman–Crippen LogP) is 1.54. The maximum atomic E-state index is 12.7. The van der Waals surface area contributed by atoms with Crippen molar-refractivity contribution in [3.63, 3.8) is 0 Å². The molecule has 1 fully saturated rings. The highest BCUT2D eigenvalue weighted by Crippen LogP contribution is 2.32. The number of carbonyl (C=O) groups excluding carboxylic acids is 1. The zero-order valence-corrected chi connectivity index (χ0v) is 13.1. The molecule has 0 bridgehead atoms. The van der Waals surface area contributed by atoms with E-state index in [9.17, 15) is 4.79 Å². The van der Waals surface area contributed by atoms with Crippen LogP contribution in [-0.4, -0.2) is 40.2 Å². The Balaban J connectivity index is 1.82. The van der Waals surface area contributed by atoms with Crippen LogP contribution in [0.4, 0.5) is 0 Å². The molecule has 22 heavy (non-hydrogen) atoms. The highest BCUT2D eigenvalue weighted by atomic mass is 16.2. The highest BCUT2D eigenvalue weighted by Gasteiger charge is 2.36. The molecule has 116 valence electrons. The van der Waals surface area contributed by atoms with E-state index in [0.29, 0.717) is 30.6 Å². The third-order valence-corrected chi connectivity index (χ3v) is 4.48. The molecule has 2 atom stereocenters. The molecular formula is C17H22N4O. The van der Waals surface area contributed by atoms with Crippen molar-refractivity contribution in [3.8, 4) is 0 Å². The molecule has 0 saturated carbocycles. The van der Waals surface area contributed by atoms with Crippen LogP contribution in [0.3, 0.4) is 0 Å². The summed E-state index contributed by atoms with van der Waals surface area (Å²) in [6.07, 6.45) is 0. The first-order chi connectivity index (χ1) is 10.6. The largest absolute Gasteiger partial charge is 0.336 e. The van der Waals surface area contributed by atoms with E-state index in [1.807, 2.05) is 43.1 Å². The van der Waals surface area contributed by atoms with Gasteiger partial charge in [0, 0.05) is 26.1 Å². The second-order valence-corrected chi connectivity index (χ2v) is 6.02. The molecule has 2 aromatic rings. The average molecular weight is 298 g/mol. The van der Waals surface area contributed by atoms with E-state index in [4.69, 9.17) is 5.73 Å². The molecule has 1 aliphatic rings. The molecule has 5 nitrogen and oxygen atoms in total. The summed E-state index contributed by atoms with van der Waals surface area (Å²) in [6, 6.07) is 12.2. The van der Waals surface area contributed by atoms with E-state index >= 15 is 0 Å². The fourth-order valence-electron chi connectivity index (χ4n) is 3.33. The molecule has 0 spiro atoms. The quantitative estimate of drug-likeness (QED) is 0.935. The van der Waals surface area contributed by atoms with Crippen molar-refractivity contribution in [2.75, 3.05) is 19.6 Å². The second kappa shape index (κ2) is 5.93. The van der Waals surface area contributed by atoms with Crippen LogP contribution in [-0.2, 0) is 7.05 Å². The lowest BCUT2D eigenvalue weighted by Gasteiger charge is -2.16. The summed E-state index contributed by atoms with van der Waals surface area (Å²) >= 11 is 0. The Hall–Kier alpha value is -2.14. The first-order valence-electron chi connectivity index (χ1n) is 7.65. The van der Waals surface area contributed by atoms with E-state index < -0.39 is 0 Å². The molecule has 1 amide bonds. The van der Waals surface area contributed by atoms with Crippen LogP contribution in [0.1, 0.15) is 27.7 Å². The number of hydrogen-bond acceptors (Lipinski definition) is 3. The molecule has 1 aromatic carbocycles. The molecule has 3 rings (SSSR count). The van der Waals surface area contributed by atoms with Crippen LogP contribution < -0.4 is 5.73 Å². The second-order valence-electron chi connectivity index (χ2n) is 6.02. The van der Waals surface area contributed by atoms with E-state index in [2.05, 4.69) is 17.2 Å². The number of amides is 1. The maximum absolute atomic E-state index is 12.7. The lowest BCUT2D eigenvalue weighted by molar-refractivity contribution is 0.0775. The third-order valence-electron chi connectivity index (χ3n) is 4.48. The first-order valence-corrected chi connectivity index (χ1v) is 7.65. The summed E-state index contributed by atoms with van der Waals surface area (Å²) in [7, 11) is 1.81. The Morgan fingerprint density at radius 3 is 2.64 bits per heavy atom.